The van der Waals surface area contributed by atoms with Crippen molar-refractivity contribution in [3.8, 4) is 0 Å². The Morgan fingerprint density at radius 2 is 1.07 bits per heavy atom. The van der Waals surface area contributed by atoms with Crippen LogP contribution in [0.2, 0.25) is 0 Å². The lowest BCUT2D eigenvalue weighted by atomic mass is 9.79. The highest BCUT2D eigenvalue weighted by Gasteiger charge is 2.40. The molecular formula is C12H26O2. The van der Waals surface area contributed by atoms with Gasteiger partial charge in [-0.05, 0) is 26.7 Å². The van der Waals surface area contributed by atoms with E-state index in [1.165, 1.54) is 0 Å². The fourth-order valence-corrected chi connectivity index (χ4v) is 1.58. The summed E-state index contributed by atoms with van der Waals surface area (Å²) in [7, 11) is 0. The highest BCUT2D eigenvalue weighted by atomic mass is 16.4. The number of aliphatic hydroxyl groups is 2. The molecule has 2 unspecified atom stereocenters. The molecule has 0 radical (unpaired) electrons. The third-order valence-corrected chi connectivity index (χ3v) is 3.19. The summed E-state index contributed by atoms with van der Waals surface area (Å²) in [6.07, 6.45) is 5.41. The second kappa shape index (κ2) is 5.72. The van der Waals surface area contributed by atoms with Crippen LogP contribution in [0.25, 0.3) is 0 Å². The van der Waals surface area contributed by atoms with E-state index in [0.717, 1.165) is 25.7 Å². The number of rotatable bonds is 7. The van der Waals surface area contributed by atoms with E-state index in [0.29, 0.717) is 12.8 Å². The molecular weight excluding hydrogens is 176 g/mol. The fraction of sp³-hybridized carbons (Fsp3) is 1.00. The van der Waals surface area contributed by atoms with Gasteiger partial charge in [0.25, 0.3) is 0 Å². The monoisotopic (exact) mass is 202 g/mol. The van der Waals surface area contributed by atoms with Crippen molar-refractivity contribution in [1.29, 1.82) is 0 Å². The molecule has 0 aromatic heterocycles. The lowest BCUT2D eigenvalue weighted by molar-refractivity contribution is -0.140. The first-order valence-corrected chi connectivity index (χ1v) is 5.82. The average molecular weight is 202 g/mol. The van der Waals surface area contributed by atoms with Crippen LogP contribution < -0.4 is 0 Å². The van der Waals surface area contributed by atoms with Gasteiger partial charge in [-0.15, -0.1) is 0 Å². The molecule has 0 fully saturated rings. The Hall–Kier alpha value is -0.0800. The second-order valence-corrected chi connectivity index (χ2v) is 4.75. The maximum atomic E-state index is 10.1. The minimum atomic E-state index is -0.946. The maximum Gasteiger partial charge on any atom is 0.0902 e. The first kappa shape index (κ1) is 13.9. The molecule has 2 atom stereocenters. The van der Waals surface area contributed by atoms with E-state index in [2.05, 4.69) is 13.8 Å². The van der Waals surface area contributed by atoms with Gasteiger partial charge in [-0.25, -0.2) is 0 Å². The van der Waals surface area contributed by atoms with Crippen LogP contribution in [0.1, 0.15) is 66.2 Å². The third kappa shape index (κ3) is 3.97. The van der Waals surface area contributed by atoms with Crippen molar-refractivity contribution in [2.75, 3.05) is 0 Å². The summed E-state index contributed by atoms with van der Waals surface area (Å²) in [6, 6.07) is 0. The Balaban J connectivity index is 4.20. The van der Waals surface area contributed by atoms with Crippen LogP contribution in [0.4, 0.5) is 0 Å². The summed E-state index contributed by atoms with van der Waals surface area (Å²) in [6.45, 7) is 7.68. The first-order chi connectivity index (χ1) is 6.37. The smallest absolute Gasteiger partial charge is 0.0902 e. The molecule has 0 amide bonds. The Bertz CT molecular complexity index is 132. The zero-order chi connectivity index (χ0) is 11.2. The first-order valence-electron chi connectivity index (χ1n) is 5.82. The third-order valence-electron chi connectivity index (χ3n) is 3.19. The van der Waals surface area contributed by atoms with Gasteiger partial charge in [0.05, 0.1) is 11.2 Å². The van der Waals surface area contributed by atoms with Gasteiger partial charge in [0.2, 0.25) is 0 Å². The zero-order valence-electron chi connectivity index (χ0n) is 10.1. The lowest BCUT2D eigenvalue weighted by Crippen LogP contribution is -2.49. The van der Waals surface area contributed by atoms with Gasteiger partial charge in [-0.3, -0.25) is 0 Å². The molecule has 0 saturated carbocycles. The summed E-state index contributed by atoms with van der Waals surface area (Å²) in [5.74, 6) is 0. The minimum Gasteiger partial charge on any atom is -0.387 e. The molecule has 0 aliphatic heterocycles. The van der Waals surface area contributed by atoms with Crippen LogP contribution >= 0.6 is 0 Å². The summed E-state index contributed by atoms with van der Waals surface area (Å²) in [5, 5.41) is 20.3. The van der Waals surface area contributed by atoms with Crippen molar-refractivity contribution in [2.45, 2.75) is 77.4 Å². The van der Waals surface area contributed by atoms with Gasteiger partial charge in [0.1, 0.15) is 0 Å². The van der Waals surface area contributed by atoms with Crippen molar-refractivity contribution in [3.63, 3.8) is 0 Å². The van der Waals surface area contributed by atoms with E-state index in [-0.39, 0.29) is 0 Å². The Morgan fingerprint density at radius 3 is 1.29 bits per heavy atom. The molecule has 2 heteroatoms. The SMILES string of the molecule is CCCCC(C)(O)C(C)(O)CCCC. The molecule has 0 aliphatic rings. The molecule has 86 valence electrons. The quantitative estimate of drug-likeness (QED) is 0.666. The van der Waals surface area contributed by atoms with E-state index < -0.39 is 11.2 Å². The molecule has 0 aliphatic carbocycles. The van der Waals surface area contributed by atoms with Crippen molar-refractivity contribution in [3.05, 3.63) is 0 Å². The second-order valence-electron chi connectivity index (χ2n) is 4.75. The van der Waals surface area contributed by atoms with Crippen LogP contribution in [-0.2, 0) is 0 Å². The van der Waals surface area contributed by atoms with Crippen LogP contribution in [0, 0.1) is 0 Å². The van der Waals surface area contributed by atoms with E-state index >= 15 is 0 Å². The highest BCUT2D eigenvalue weighted by molar-refractivity contribution is 4.92. The Labute approximate surface area is 88.3 Å². The van der Waals surface area contributed by atoms with Crippen LogP contribution in [-0.4, -0.2) is 21.4 Å². The minimum absolute atomic E-state index is 0.681. The van der Waals surface area contributed by atoms with Gasteiger partial charge in [0.15, 0.2) is 0 Å². The molecule has 2 nitrogen and oxygen atoms in total. The number of hydrogen-bond donors (Lipinski definition) is 2. The van der Waals surface area contributed by atoms with Crippen LogP contribution in [0.15, 0.2) is 0 Å². The summed E-state index contributed by atoms with van der Waals surface area (Å²) in [5.41, 5.74) is -1.89. The van der Waals surface area contributed by atoms with E-state index in [9.17, 15) is 10.2 Å². The molecule has 0 bridgehead atoms. The molecule has 0 spiro atoms. The van der Waals surface area contributed by atoms with Gasteiger partial charge in [0, 0.05) is 0 Å². The predicted molar refractivity (Wildman–Crippen MR) is 60.3 cm³/mol. The predicted octanol–water partition coefficient (Wildman–Crippen LogP) is 2.87. The molecule has 0 aromatic carbocycles. The molecule has 14 heavy (non-hydrogen) atoms. The number of unbranched alkanes of at least 4 members (excludes halogenated alkanes) is 2. The normalized spacial score (nSPS) is 20.1. The summed E-state index contributed by atoms with van der Waals surface area (Å²) in [4.78, 5) is 0. The fourth-order valence-electron chi connectivity index (χ4n) is 1.58. The molecule has 2 N–H and O–H groups in total. The largest absolute Gasteiger partial charge is 0.387 e. The van der Waals surface area contributed by atoms with E-state index in [4.69, 9.17) is 0 Å². The molecule has 0 rings (SSSR count). The van der Waals surface area contributed by atoms with Gasteiger partial charge < -0.3 is 10.2 Å². The zero-order valence-corrected chi connectivity index (χ0v) is 10.1. The van der Waals surface area contributed by atoms with Crippen molar-refractivity contribution in [2.24, 2.45) is 0 Å². The van der Waals surface area contributed by atoms with E-state index in [1.807, 2.05) is 0 Å². The van der Waals surface area contributed by atoms with Crippen LogP contribution in [0.5, 0.6) is 0 Å². The summed E-state index contributed by atoms with van der Waals surface area (Å²) < 4.78 is 0. The average Bonchev–Trinajstić information content (AvgIpc) is 2.11. The topological polar surface area (TPSA) is 40.5 Å². The standard InChI is InChI=1S/C12H26O2/c1-5-7-9-11(3,13)12(4,14)10-8-6-2/h13-14H,5-10H2,1-4H3. The van der Waals surface area contributed by atoms with Crippen molar-refractivity contribution >= 4 is 0 Å². The van der Waals surface area contributed by atoms with Crippen molar-refractivity contribution < 1.29 is 10.2 Å². The highest BCUT2D eigenvalue weighted by Crippen LogP contribution is 2.31. The Kier molecular flexibility index (Phi) is 5.68. The molecule has 0 saturated heterocycles. The van der Waals surface area contributed by atoms with E-state index in [1.54, 1.807) is 13.8 Å². The lowest BCUT2D eigenvalue weighted by Gasteiger charge is -2.39. The summed E-state index contributed by atoms with van der Waals surface area (Å²) >= 11 is 0. The number of hydrogen-bond acceptors (Lipinski definition) is 2. The van der Waals surface area contributed by atoms with Gasteiger partial charge >= 0.3 is 0 Å². The maximum absolute atomic E-state index is 10.1. The molecule has 0 heterocycles. The van der Waals surface area contributed by atoms with Crippen LogP contribution in [0.3, 0.4) is 0 Å². The Morgan fingerprint density at radius 1 is 0.786 bits per heavy atom. The molecule has 0 aromatic rings. The van der Waals surface area contributed by atoms with Gasteiger partial charge in [-0.1, -0.05) is 39.5 Å². The van der Waals surface area contributed by atoms with Gasteiger partial charge in [-0.2, -0.15) is 0 Å². The van der Waals surface area contributed by atoms with Crippen molar-refractivity contribution in [1.82, 2.24) is 0 Å².